The van der Waals surface area contributed by atoms with Crippen molar-refractivity contribution in [3.63, 3.8) is 0 Å². The van der Waals surface area contributed by atoms with Gasteiger partial charge in [0.15, 0.2) is 0 Å². The summed E-state index contributed by atoms with van der Waals surface area (Å²) in [5.41, 5.74) is -0.322. The molecule has 3 saturated heterocycles. The minimum Gasteiger partial charge on any atom is -0.447 e. The zero-order valence-electron chi connectivity index (χ0n) is 13.8. The molecule has 4 fully saturated rings. The Kier molecular flexibility index (Phi) is 3.28. The Morgan fingerprint density at radius 2 is 2.00 bits per heavy atom. The van der Waals surface area contributed by atoms with Gasteiger partial charge in [0.05, 0.1) is 6.04 Å². The maximum Gasteiger partial charge on any atom is 0.418 e. The summed E-state index contributed by atoms with van der Waals surface area (Å²) >= 11 is 0. The maximum absolute atomic E-state index is 12.7. The number of carbonyl (C=O) groups excluding carboxylic acids is 2. The van der Waals surface area contributed by atoms with Crippen molar-refractivity contribution in [1.29, 1.82) is 0 Å². The van der Waals surface area contributed by atoms with Gasteiger partial charge in [0.25, 0.3) is 0 Å². The summed E-state index contributed by atoms with van der Waals surface area (Å²) in [6, 6.07) is -2.28. The number of nitrogens with zero attached hydrogens (tertiary/aromatic N) is 4. The van der Waals surface area contributed by atoms with Gasteiger partial charge in [0.2, 0.25) is 11.8 Å². The highest BCUT2D eigenvalue weighted by Crippen LogP contribution is 2.61. The van der Waals surface area contributed by atoms with Gasteiger partial charge in [-0.05, 0) is 24.7 Å². The van der Waals surface area contributed by atoms with Gasteiger partial charge in [-0.15, -0.1) is 14.5 Å². The summed E-state index contributed by atoms with van der Waals surface area (Å²) in [7, 11) is -4.82. The molecule has 4 aliphatic rings. The quantitative estimate of drug-likeness (QED) is 0.652. The second-order valence-corrected chi connectivity index (χ2v) is 8.14. The number of aromatic nitrogens is 2. The van der Waals surface area contributed by atoms with E-state index in [4.69, 9.17) is 13.7 Å². The third-order valence-electron chi connectivity index (χ3n) is 5.55. The number of hydroxylamine groups is 2. The molecule has 2 bridgehead atoms. The topological polar surface area (TPSA) is 164 Å². The number of cyclic esters (lactones) is 1. The normalized spacial score (nSPS) is 31.4. The number of fused-ring (bicyclic) bond motifs is 3. The van der Waals surface area contributed by atoms with Crippen LogP contribution in [0.25, 0.3) is 0 Å². The molecule has 0 aromatic carbocycles. The molecule has 1 unspecified atom stereocenters. The number of nitrogens with one attached hydrogen (secondary N) is 1. The number of hydrogen-bond acceptors (Lipinski definition) is 9. The Bertz CT molecular complexity index is 927. The lowest BCUT2D eigenvalue weighted by Crippen LogP contribution is -2.43. The van der Waals surface area contributed by atoms with Crippen LogP contribution in [0, 0.1) is 5.41 Å². The summed E-state index contributed by atoms with van der Waals surface area (Å²) < 4.78 is 46.2. The van der Waals surface area contributed by atoms with Gasteiger partial charge in [0.1, 0.15) is 18.7 Å². The number of ether oxygens (including phenoxy) is 1. The fourth-order valence-corrected chi connectivity index (χ4v) is 4.45. The van der Waals surface area contributed by atoms with E-state index in [2.05, 4.69) is 19.8 Å². The summed E-state index contributed by atoms with van der Waals surface area (Å²) in [6.45, 7) is 0.287. The van der Waals surface area contributed by atoms with Crippen LogP contribution in [0.2, 0.25) is 0 Å². The number of hydrogen-bond donors (Lipinski definition) is 2. The molecule has 1 aromatic rings. The third-order valence-corrected chi connectivity index (χ3v) is 5.90. The maximum atomic E-state index is 12.7. The second kappa shape index (κ2) is 5.30. The van der Waals surface area contributed by atoms with Crippen molar-refractivity contribution in [3.8, 4) is 0 Å². The molecule has 2 N–H and O–H groups in total. The predicted molar refractivity (Wildman–Crippen MR) is 80.9 cm³/mol. The van der Waals surface area contributed by atoms with E-state index in [1.54, 1.807) is 0 Å². The van der Waals surface area contributed by atoms with E-state index in [1.165, 1.54) is 4.90 Å². The highest BCUT2D eigenvalue weighted by molar-refractivity contribution is 7.80. The zero-order valence-corrected chi connectivity index (χ0v) is 14.6. The lowest BCUT2D eigenvalue weighted by molar-refractivity contribution is -0.0530. The predicted octanol–water partition coefficient (Wildman–Crippen LogP) is -0.0839. The molecule has 14 heteroatoms. The Balaban J connectivity index is 1.43. The van der Waals surface area contributed by atoms with Crippen LogP contribution in [-0.4, -0.2) is 64.4 Å². The number of amides is 3. The molecular formula is C13H15N5O8S. The molecule has 5 rings (SSSR count). The van der Waals surface area contributed by atoms with Crippen molar-refractivity contribution in [2.45, 2.75) is 37.4 Å². The minimum absolute atomic E-state index is 0.0652. The van der Waals surface area contributed by atoms with Crippen molar-refractivity contribution in [2.24, 2.45) is 5.41 Å². The standard InChI is InChI=1S/C13H15N5O8S/c19-11-14-6(5-24-11)9-15-16-10(25-9)7-3-13(1-2-13)8-4-17(7)12(20)18(8)26-27(21,22)23/h6-8H,1-5H2,(H,14,19)(H,21,22,23)/t6?,7-,8-/m0/s1. The first-order chi connectivity index (χ1) is 12.8. The van der Waals surface area contributed by atoms with Crippen LogP contribution in [0.15, 0.2) is 4.42 Å². The monoisotopic (exact) mass is 401 g/mol. The van der Waals surface area contributed by atoms with Crippen molar-refractivity contribution in [1.82, 2.24) is 25.5 Å². The smallest absolute Gasteiger partial charge is 0.418 e. The zero-order chi connectivity index (χ0) is 19.0. The lowest BCUT2D eigenvalue weighted by atomic mass is 9.85. The fraction of sp³-hybridized carbons (Fsp3) is 0.692. The van der Waals surface area contributed by atoms with Crippen LogP contribution in [0.3, 0.4) is 0 Å². The van der Waals surface area contributed by atoms with Crippen LogP contribution in [-0.2, 0) is 19.4 Å². The van der Waals surface area contributed by atoms with E-state index in [1.807, 2.05) is 0 Å². The van der Waals surface area contributed by atoms with Gasteiger partial charge >= 0.3 is 22.5 Å². The van der Waals surface area contributed by atoms with Crippen LogP contribution in [0.5, 0.6) is 0 Å². The van der Waals surface area contributed by atoms with Gasteiger partial charge < -0.3 is 19.4 Å². The Hall–Kier alpha value is -2.45. The van der Waals surface area contributed by atoms with Crippen molar-refractivity contribution >= 4 is 22.5 Å². The molecule has 4 heterocycles. The molecule has 3 amide bonds. The van der Waals surface area contributed by atoms with Crippen LogP contribution < -0.4 is 5.32 Å². The van der Waals surface area contributed by atoms with Gasteiger partial charge in [-0.2, -0.15) is 13.5 Å². The summed E-state index contributed by atoms with van der Waals surface area (Å²) in [6.07, 6.45) is 1.50. The highest BCUT2D eigenvalue weighted by Gasteiger charge is 2.65. The fourth-order valence-electron chi connectivity index (χ4n) is 4.08. The number of rotatable bonds is 4. The number of carbonyl (C=O) groups is 2. The molecule has 3 aliphatic heterocycles. The summed E-state index contributed by atoms with van der Waals surface area (Å²) in [5, 5.41) is 11.2. The molecular weight excluding hydrogens is 386 g/mol. The largest absolute Gasteiger partial charge is 0.447 e. The Morgan fingerprint density at radius 1 is 1.26 bits per heavy atom. The molecule has 1 aromatic heterocycles. The first-order valence-electron chi connectivity index (χ1n) is 8.29. The SMILES string of the molecule is O=C1NC(c2nnc([C@@H]3CC4(CC4)[C@@H]4CN3C(=O)N4OS(=O)(=O)O)o2)CO1. The molecule has 146 valence electrons. The molecule has 1 saturated carbocycles. The highest BCUT2D eigenvalue weighted by atomic mass is 32.3. The first-order valence-corrected chi connectivity index (χ1v) is 9.66. The van der Waals surface area contributed by atoms with Gasteiger partial charge in [-0.1, -0.05) is 0 Å². The van der Waals surface area contributed by atoms with E-state index < -0.39 is 40.6 Å². The molecule has 13 nitrogen and oxygen atoms in total. The van der Waals surface area contributed by atoms with E-state index in [9.17, 15) is 18.0 Å². The van der Waals surface area contributed by atoms with Crippen LogP contribution in [0.1, 0.15) is 43.1 Å². The van der Waals surface area contributed by atoms with E-state index >= 15 is 0 Å². The van der Waals surface area contributed by atoms with Crippen molar-refractivity contribution in [2.75, 3.05) is 13.2 Å². The van der Waals surface area contributed by atoms with E-state index in [-0.39, 0.29) is 30.3 Å². The average Bonchev–Trinajstić information content (AvgIpc) is 2.97. The third kappa shape index (κ3) is 2.62. The van der Waals surface area contributed by atoms with Crippen LogP contribution >= 0.6 is 0 Å². The van der Waals surface area contributed by atoms with Crippen molar-refractivity contribution in [3.05, 3.63) is 11.8 Å². The number of piperidine rings is 1. The number of alkyl carbamates (subject to hydrolysis) is 1. The van der Waals surface area contributed by atoms with Crippen molar-refractivity contribution < 1.29 is 36.0 Å². The molecule has 1 aliphatic carbocycles. The average molecular weight is 401 g/mol. The van der Waals surface area contributed by atoms with Gasteiger partial charge in [0, 0.05) is 6.54 Å². The van der Waals surface area contributed by atoms with Gasteiger partial charge in [-0.3, -0.25) is 4.55 Å². The molecule has 1 spiro atoms. The second-order valence-electron chi connectivity index (χ2n) is 7.14. The minimum atomic E-state index is -4.82. The lowest BCUT2D eigenvalue weighted by Gasteiger charge is -2.34. The summed E-state index contributed by atoms with van der Waals surface area (Å²) in [4.78, 5) is 25.2. The molecule has 27 heavy (non-hydrogen) atoms. The first kappa shape index (κ1) is 16.7. The van der Waals surface area contributed by atoms with E-state index in [0.29, 0.717) is 6.42 Å². The Morgan fingerprint density at radius 3 is 2.63 bits per heavy atom. The molecule has 3 atom stereocenters. The number of urea groups is 1. The van der Waals surface area contributed by atoms with Gasteiger partial charge in [-0.25, -0.2) is 9.59 Å². The van der Waals surface area contributed by atoms with E-state index in [0.717, 1.165) is 17.9 Å². The van der Waals surface area contributed by atoms with Crippen LogP contribution in [0.4, 0.5) is 9.59 Å². The Labute approximate surface area is 152 Å². The molecule has 0 radical (unpaired) electrons. The summed E-state index contributed by atoms with van der Waals surface area (Å²) in [5.74, 6) is 0.360.